The standard InChI is InChI=1S/C16H20ClNO3/c1-16(15(20)21)8-4-7-13(10-16)18(2)14(19)11-5-3-6-12(17)9-11/h3,5-6,9,13H,4,7-8,10H2,1-2H3,(H,20,21)/t13-,16+/m0/s1. The maximum Gasteiger partial charge on any atom is 0.309 e. The van der Waals surface area contributed by atoms with E-state index in [4.69, 9.17) is 11.6 Å². The second-order valence-corrected chi connectivity index (χ2v) is 6.48. The minimum absolute atomic E-state index is 0.0497. The van der Waals surface area contributed by atoms with Crippen LogP contribution in [-0.4, -0.2) is 35.0 Å². The summed E-state index contributed by atoms with van der Waals surface area (Å²) in [6.07, 6.45) is 2.81. The van der Waals surface area contributed by atoms with Crippen LogP contribution in [0.4, 0.5) is 0 Å². The molecule has 0 bridgehead atoms. The molecule has 1 aliphatic carbocycles. The topological polar surface area (TPSA) is 57.6 Å². The number of aliphatic carboxylic acids is 1. The third-order valence-electron chi connectivity index (χ3n) is 4.41. The number of carbonyl (C=O) groups is 2. The fourth-order valence-corrected chi connectivity index (χ4v) is 3.16. The Labute approximate surface area is 129 Å². The van der Waals surface area contributed by atoms with E-state index < -0.39 is 11.4 Å². The SMILES string of the molecule is CN(C(=O)c1cccc(Cl)c1)[C@H]1CCC[C@@](C)(C(=O)O)C1. The molecule has 1 fully saturated rings. The van der Waals surface area contributed by atoms with Crippen LogP contribution in [0.25, 0.3) is 0 Å². The van der Waals surface area contributed by atoms with Gasteiger partial charge in [-0.15, -0.1) is 0 Å². The zero-order chi connectivity index (χ0) is 15.6. The molecule has 2 rings (SSSR count). The Kier molecular flexibility index (Phi) is 4.57. The quantitative estimate of drug-likeness (QED) is 0.930. The highest BCUT2D eigenvalue weighted by molar-refractivity contribution is 6.30. The van der Waals surface area contributed by atoms with Gasteiger partial charge in [-0.2, -0.15) is 0 Å². The molecular formula is C16H20ClNO3. The molecule has 2 atom stereocenters. The van der Waals surface area contributed by atoms with Gasteiger partial charge in [-0.1, -0.05) is 24.1 Å². The van der Waals surface area contributed by atoms with Gasteiger partial charge in [-0.3, -0.25) is 9.59 Å². The Bertz CT molecular complexity index is 560. The monoisotopic (exact) mass is 309 g/mol. The number of hydrogen-bond donors (Lipinski definition) is 1. The fraction of sp³-hybridized carbons (Fsp3) is 0.500. The number of nitrogens with zero attached hydrogens (tertiary/aromatic N) is 1. The van der Waals surface area contributed by atoms with Crippen LogP contribution in [0.5, 0.6) is 0 Å². The average Bonchev–Trinajstić information content (AvgIpc) is 2.45. The van der Waals surface area contributed by atoms with E-state index in [1.807, 2.05) is 0 Å². The van der Waals surface area contributed by atoms with Gasteiger partial charge in [0.25, 0.3) is 5.91 Å². The number of benzene rings is 1. The average molecular weight is 310 g/mol. The number of halogens is 1. The van der Waals surface area contributed by atoms with Gasteiger partial charge in [-0.25, -0.2) is 0 Å². The molecule has 1 N–H and O–H groups in total. The maximum absolute atomic E-state index is 12.5. The van der Waals surface area contributed by atoms with Crippen LogP contribution in [0.15, 0.2) is 24.3 Å². The van der Waals surface area contributed by atoms with E-state index in [2.05, 4.69) is 0 Å². The van der Waals surface area contributed by atoms with Crippen molar-refractivity contribution in [2.45, 2.75) is 38.6 Å². The van der Waals surface area contributed by atoms with Crippen LogP contribution in [0.2, 0.25) is 5.02 Å². The highest BCUT2D eigenvalue weighted by Crippen LogP contribution is 2.38. The van der Waals surface area contributed by atoms with E-state index in [-0.39, 0.29) is 11.9 Å². The molecule has 0 aromatic heterocycles. The first kappa shape index (κ1) is 15.8. The zero-order valence-corrected chi connectivity index (χ0v) is 13.1. The minimum atomic E-state index is -0.782. The molecule has 0 radical (unpaired) electrons. The molecule has 0 unspecified atom stereocenters. The summed E-state index contributed by atoms with van der Waals surface area (Å²) in [5.74, 6) is -0.895. The van der Waals surface area contributed by atoms with Crippen molar-refractivity contribution < 1.29 is 14.7 Å². The largest absolute Gasteiger partial charge is 0.481 e. The Morgan fingerprint density at radius 3 is 2.76 bits per heavy atom. The van der Waals surface area contributed by atoms with Crippen LogP contribution in [-0.2, 0) is 4.79 Å². The highest BCUT2D eigenvalue weighted by atomic mass is 35.5. The van der Waals surface area contributed by atoms with Crippen LogP contribution >= 0.6 is 11.6 Å². The molecule has 0 saturated heterocycles. The summed E-state index contributed by atoms with van der Waals surface area (Å²) in [5.41, 5.74) is -0.209. The Balaban J connectivity index is 2.14. The number of carboxylic acid groups (broad SMARTS) is 1. The Morgan fingerprint density at radius 2 is 2.14 bits per heavy atom. The smallest absolute Gasteiger partial charge is 0.309 e. The van der Waals surface area contributed by atoms with E-state index in [0.717, 1.165) is 12.8 Å². The molecule has 5 heteroatoms. The lowest BCUT2D eigenvalue weighted by Gasteiger charge is -2.39. The molecule has 1 aromatic carbocycles. The molecule has 114 valence electrons. The van der Waals surface area contributed by atoms with E-state index in [9.17, 15) is 14.7 Å². The second-order valence-electron chi connectivity index (χ2n) is 6.04. The lowest BCUT2D eigenvalue weighted by Crippen LogP contribution is -2.45. The van der Waals surface area contributed by atoms with Crippen molar-refractivity contribution in [1.29, 1.82) is 0 Å². The first-order valence-electron chi connectivity index (χ1n) is 7.09. The molecule has 1 amide bonds. The summed E-state index contributed by atoms with van der Waals surface area (Å²) >= 11 is 5.92. The van der Waals surface area contributed by atoms with Gasteiger partial charge in [-0.05, 0) is 44.4 Å². The maximum atomic E-state index is 12.5. The molecule has 1 aromatic rings. The van der Waals surface area contributed by atoms with Gasteiger partial charge in [0.05, 0.1) is 5.41 Å². The van der Waals surface area contributed by atoms with E-state index in [0.29, 0.717) is 23.4 Å². The van der Waals surface area contributed by atoms with Gasteiger partial charge < -0.3 is 10.0 Å². The molecule has 0 aliphatic heterocycles. The molecule has 1 aliphatic rings. The first-order valence-corrected chi connectivity index (χ1v) is 7.47. The van der Waals surface area contributed by atoms with Crippen molar-refractivity contribution in [3.8, 4) is 0 Å². The lowest BCUT2D eigenvalue weighted by molar-refractivity contribution is -0.150. The molecule has 1 saturated carbocycles. The fourth-order valence-electron chi connectivity index (χ4n) is 2.97. The molecular weight excluding hydrogens is 290 g/mol. The first-order chi connectivity index (χ1) is 9.83. The highest BCUT2D eigenvalue weighted by Gasteiger charge is 2.40. The van der Waals surface area contributed by atoms with Gasteiger partial charge in [0.1, 0.15) is 0 Å². The normalized spacial score (nSPS) is 25.4. The summed E-state index contributed by atoms with van der Waals surface area (Å²) in [7, 11) is 1.74. The minimum Gasteiger partial charge on any atom is -0.481 e. The number of rotatable bonds is 3. The van der Waals surface area contributed by atoms with Crippen molar-refractivity contribution in [2.75, 3.05) is 7.05 Å². The molecule has 0 heterocycles. The number of carbonyl (C=O) groups excluding carboxylic acids is 1. The van der Waals surface area contributed by atoms with Gasteiger partial charge in [0.2, 0.25) is 0 Å². The Morgan fingerprint density at radius 1 is 1.43 bits per heavy atom. The van der Waals surface area contributed by atoms with Crippen molar-refractivity contribution in [3.05, 3.63) is 34.9 Å². The van der Waals surface area contributed by atoms with Gasteiger partial charge in [0, 0.05) is 23.7 Å². The molecule has 21 heavy (non-hydrogen) atoms. The summed E-state index contributed by atoms with van der Waals surface area (Å²) in [6, 6.07) is 6.78. The van der Waals surface area contributed by atoms with E-state index in [1.54, 1.807) is 43.1 Å². The van der Waals surface area contributed by atoms with Gasteiger partial charge in [0.15, 0.2) is 0 Å². The number of amides is 1. The van der Waals surface area contributed by atoms with Gasteiger partial charge >= 0.3 is 5.97 Å². The predicted octanol–water partition coefficient (Wildman–Crippen LogP) is 3.45. The third-order valence-corrected chi connectivity index (χ3v) is 4.64. The van der Waals surface area contributed by atoms with E-state index in [1.165, 1.54) is 0 Å². The second kappa shape index (κ2) is 6.06. The van der Waals surface area contributed by atoms with Crippen LogP contribution < -0.4 is 0 Å². The summed E-state index contributed by atoms with van der Waals surface area (Å²) in [6.45, 7) is 1.76. The predicted molar refractivity (Wildman–Crippen MR) is 81.5 cm³/mol. The lowest BCUT2D eigenvalue weighted by atomic mass is 9.73. The summed E-state index contributed by atoms with van der Waals surface area (Å²) < 4.78 is 0. The Hall–Kier alpha value is -1.55. The molecule has 0 spiro atoms. The molecule has 4 nitrogen and oxygen atoms in total. The van der Waals surface area contributed by atoms with Crippen molar-refractivity contribution in [2.24, 2.45) is 5.41 Å². The summed E-state index contributed by atoms with van der Waals surface area (Å²) in [4.78, 5) is 25.6. The zero-order valence-electron chi connectivity index (χ0n) is 12.3. The van der Waals surface area contributed by atoms with E-state index >= 15 is 0 Å². The number of hydrogen-bond acceptors (Lipinski definition) is 2. The summed E-state index contributed by atoms with van der Waals surface area (Å²) in [5, 5.41) is 9.89. The van der Waals surface area contributed by atoms with Crippen LogP contribution in [0, 0.1) is 5.41 Å². The number of carboxylic acids is 1. The van der Waals surface area contributed by atoms with Crippen molar-refractivity contribution in [3.63, 3.8) is 0 Å². The van der Waals surface area contributed by atoms with Crippen molar-refractivity contribution in [1.82, 2.24) is 4.90 Å². The third kappa shape index (κ3) is 3.38. The van der Waals surface area contributed by atoms with Crippen molar-refractivity contribution >= 4 is 23.5 Å². The van der Waals surface area contributed by atoms with Crippen LogP contribution in [0.3, 0.4) is 0 Å². The van der Waals surface area contributed by atoms with Crippen LogP contribution in [0.1, 0.15) is 43.0 Å².